The van der Waals surface area contributed by atoms with Gasteiger partial charge in [0.25, 0.3) is 0 Å². The lowest BCUT2D eigenvalue weighted by atomic mass is 10.2. The predicted molar refractivity (Wildman–Crippen MR) is 76.4 cm³/mol. The molecule has 0 atom stereocenters. The molecule has 3 heterocycles. The molecule has 0 aliphatic carbocycles. The summed E-state index contributed by atoms with van der Waals surface area (Å²) in [4.78, 5) is 7.12. The number of hydrogen-bond donors (Lipinski definition) is 2. The molecule has 3 aromatic heterocycles. The van der Waals surface area contributed by atoms with Crippen LogP contribution in [-0.4, -0.2) is 21.1 Å². The van der Waals surface area contributed by atoms with Crippen molar-refractivity contribution in [3.8, 4) is 17.5 Å². The molecule has 0 fully saturated rings. The highest BCUT2D eigenvalue weighted by Crippen LogP contribution is 2.32. The Labute approximate surface area is 119 Å². The summed E-state index contributed by atoms with van der Waals surface area (Å²) in [5, 5.41) is 9.47. The van der Waals surface area contributed by atoms with Crippen LogP contribution in [0.15, 0.2) is 29.1 Å². The molecule has 3 N–H and O–H groups in total. The van der Waals surface area contributed by atoms with Gasteiger partial charge in [-0.3, -0.25) is 0 Å². The average molecular weight is 285 g/mol. The molecule has 7 heteroatoms. The molecule has 0 spiro atoms. The van der Waals surface area contributed by atoms with Crippen LogP contribution in [0, 0.1) is 16.0 Å². The fourth-order valence-electron chi connectivity index (χ4n) is 2.31. The Bertz CT molecular complexity index is 853. The van der Waals surface area contributed by atoms with Gasteiger partial charge in [0, 0.05) is 13.1 Å². The molecule has 0 unspecified atom stereocenters. The second-order valence-corrected chi connectivity index (χ2v) is 4.59. The van der Waals surface area contributed by atoms with Crippen molar-refractivity contribution in [2.75, 3.05) is 6.54 Å². The maximum atomic E-state index is 9.47. The zero-order valence-electron chi connectivity index (χ0n) is 10.5. The van der Waals surface area contributed by atoms with Crippen LogP contribution in [0.3, 0.4) is 0 Å². The van der Waals surface area contributed by atoms with Crippen LogP contribution in [0.2, 0.25) is 0 Å². The highest BCUT2D eigenvalue weighted by molar-refractivity contribution is 7.71. The molecule has 100 valence electrons. The number of nitriles is 1. The van der Waals surface area contributed by atoms with Crippen molar-refractivity contribution in [1.82, 2.24) is 14.5 Å². The van der Waals surface area contributed by atoms with Gasteiger partial charge in [-0.05, 0) is 12.1 Å². The third kappa shape index (κ3) is 1.74. The number of hydrogen-bond acceptors (Lipinski definition) is 5. The van der Waals surface area contributed by atoms with Crippen molar-refractivity contribution in [2.24, 2.45) is 5.73 Å². The largest absolute Gasteiger partial charge is 0.463 e. The molecule has 3 rings (SSSR count). The summed E-state index contributed by atoms with van der Waals surface area (Å²) in [5.41, 5.74) is 8.06. The molecule has 3 aromatic rings. The predicted octanol–water partition coefficient (Wildman–Crippen LogP) is 2.18. The molecule has 0 saturated carbocycles. The number of nitrogens with two attached hydrogens (primary N) is 1. The van der Waals surface area contributed by atoms with E-state index in [2.05, 4.69) is 16.0 Å². The standard InChI is InChI=1S/C13H11N5OS/c14-3-4-18-11(9-2-1-5-19-9)8(6-15)10-12(18)13(20)17-7-16-10/h1-2,5,7H,3-4,14H2,(H,16,17,20). The Morgan fingerprint density at radius 1 is 1.55 bits per heavy atom. The fourth-order valence-corrected chi connectivity index (χ4v) is 2.57. The first-order valence-electron chi connectivity index (χ1n) is 6.02. The summed E-state index contributed by atoms with van der Waals surface area (Å²) in [6.45, 7) is 0.948. The summed E-state index contributed by atoms with van der Waals surface area (Å²) >= 11 is 5.31. The molecule has 0 bridgehead atoms. The first kappa shape index (κ1) is 12.6. The van der Waals surface area contributed by atoms with E-state index in [4.69, 9.17) is 22.4 Å². The quantitative estimate of drug-likeness (QED) is 0.719. The molecule has 6 nitrogen and oxygen atoms in total. The lowest BCUT2D eigenvalue weighted by Gasteiger charge is -2.07. The zero-order chi connectivity index (χ0) is 14.1. The van der Waals surface area contributed by atoms with Crippen LogP contribution in [0.4, 0.5) is 0 Å². The molecule has 0 aromatic carbocycles. The van der Waals surface area contributed by atoms with Crippen LogP contribution in [-0.2, 0) is 6.54 Å². The van der Waals surface area contributed by atoms with Crippen molar-refractivity contribution in [3.05, 3.63) is 34.9 Å². The van der Waals surface area contributed by atoms with Gasteiger partial charge in [-0.1, -0.05) is 12.2 Å². The number of aromatic amines is 1. The van der Waals surface area contributed by atoms with Crippen molar-refractivity contribution >= 4 is 23.3 Å². The third-order valence-electron chi connectivity index (χ3n) is 3.06. The number of aromatic nitrogens is 3. The van der Waals surface area contributed by atoms with Gasteiger partial charge in [-0.25, -0.2) is 4.98 Å². The highest BCUT2D eigenvalue weighted by atomic mass is 32.1. The number of fused-ring (bicyclic) bond motifs is 1. The Hall–Kier alpha value is -2.43. The summed E-state index contributed by atoms with van der Waals surface area (Å²) in [6, 6.07) is 5.76. The van der Waals surface area contributed by atoms with E-state index in [9.17, 15) is 5.26 Å². The van der Waals surface area contributed by atoms with Crippen molar-refractivity contribution in [2.45, 2.75) is 6.54 Å². The van der Waals surface area contributed by atoms with E-state index in [-0.39, 0.29) is 0 Å². The highest BCUT2D eigenvalue weighted by Gasteiger charge is 2.21. The lowest BCUT2D eigenvalue weighted by molar-refractivity contribution is 0.573. The van der Waals surface area contributed by atoms with Crippen LogP contribution in [0.5, 0.6) is 0 Å². The first-order chi connectivity index (χ1) is 9.77. The van der Waals surface area contributed by atoms with Crippen LogP contribution >= 0.6 is 12.2 Å². The maximum absolute atomic E-state index is 9.47. The Morgan fingerprint density at radius 3 is 3.05 bits per heavy atom. The number of rotatable bonds is 3. The van der Waals surface area contributed by atoms with E-state index in [1.54, 1.807) is 18.4 Å². The van der Waals surface area contributed by atoms with Crippen LogP contribution in [0.25, 0.3) is 22.5 Å². The van der Waals surface area contributed by atoms with E-state index < -0.39 is 0 Å². The van der Waals surface area contributed by atoms with Gasteiger partial charge in [0.15, 0.2) is 5.76 Å². The van der Waals surface area contributed by atoms with Crippen LogP contribution < -0.4 is 5.73 Å². The average Bonchev–Trinajstić information content (AvgIpc) is 3.05. The monoisotopic (exact) mass is 285 g/mol. The minimum atomic E-state index is 0.423. The number of nitrogens with one attached hydrogen (secondary N) is 1. The van der Waals surface area contributed by atoms with Crippen molar-refractivity contribution < 1.29 is 4.42 Å². The molecule has 0 radical (unpaired) electrons. The first-order valence-corrected chi connectivity index (χ1v) is 6.42. The normalized spacial score (nSPS) is 10.8. The van der Waals surface area contributed by atoms with E-state index >= 15 is 0 Å². The summed E-state index contributed by atoms with van der Waals surface area (Å²) in [6.07, 6.45) is 3.05. The van der Waals surface area contributed by atoms with Crippen LogP contribution in [0.1, 0.15) is 5.56 Å². The van der Waals surface area contributed by atoms with Gasteiger partial charge >= 0.3 is 0 Å². The second kappa shape index (κ2) is 4.92. The van der Waals surface area contributed by atoms with E-state index in [0.29, 0.717) is 45.8 Å². The molecule has 0 aliphatic rings. The zero-order valence-corrected chi connectivity index (χ0v) is 11.3. The van der Waals surface area contributed by atoms with Gasteiger partial charge in [-0.2, -0.15) is 5.26 Å². The SMILES string of the molecule is N#Cc1c(-c2ccco2)n(CCN)c2c(=S)[nH]cnc12. The number of H-pyrrole nitrogens is 1. The molecular formula is C13H11N5OS. The summed E-state index contributed by atoms with van der Waals surface area (Å²) in [5.74, 6) is 0.599. The fraction of sp³-hybridized carbons (Fsp3) is 0.154. The topological polar surface area (TPSA) is 96.6 Å². The Balaban J connectivity index is 2.49. The maximum Gasteiger partial charge on any atom is 0.151 e. The molecule has 0 amide bonds. The second-order valence-electron chi connectivity index (χ2n) is 4.18. The van der Waals surface area contributed by atoms with E-state index in [0.717, 1.165) is 0 Å². The molecule has 20 heavy (non-hydrogen) atoms. The number of furan rings is 1. The summed E-state index contributed by atoms with van der Waals surface area (Å²) in [7, 11) is 0. The smallest absolute Gasteiger partial charge is 0.151 e. The van der Waals surface area contributed by atoms with E-state index in [1.807, 2.05) is 4.57 Å². The van der Waals surface area contributed by atoms with Gasteiger partial charge < -0.3 is 19.7 Å². The molecule has 0 aliphatic heterocycles. The molecule has 0 saturated heterocycles. The Kier molecular flexibility index (Phi) is 3.10. The minimum absolute atomic E-state index is 0.423. The Morgan fingerprint density at radius 2 is 2.40 bits per heavy atom. The van der Waals surface area contributed by atoms with E-state index in [1.165, 1.54) is 6.33 Å². The third-order valence-corrected chi connectivity index (χ3v) is 3.37. The molecular weight excluding hydrogens is 274 g/mol. The van der Waals surface area contributed by atoms with Crippen molar-refractivity contribution in [1.29, 1.82) is 5.26 Å². The lowest BCUT2D eigenvalue weighted by Crippen LogP contribution is -2.11. The van der Waals surface area contributed by atoms with Gasteiger partial charge in [0.1, 0.15) is 33.0 Å². The van der Waals surface area contributed by atoms with Crippen molar-refractivity contribution in [3.63, 3.8) is 0 Å². The van der Waals surface area contributed by atoms with Gasteiger partial charge in [0.2, 0.25) is 0 Å². The van der Waals surface area contributed by atoms with Gasteiger partial charge in [0.05, 0.1) is 12.6 Å². The number of nitrogens with zero attached hydrogens (tertiary/aromatic N) is 3. The summed E-state index contributed by atoms with van der Waals surface area (Å²) < 4.78 is 7.85. The van der Waals surface area contributed by atoms with Gasteiger partial charge in [-0.15, -0.1) is 0 Å². The minimum Gasteiger partial charge on any atom is -0.463 e.